The predicted molar refractivity (Wildman–Crippen MR) is 84.3 cm³/mol. The van der Waals surface area contributed by atoms with Crippen LogP contribution in [0.2, 0.25) is 0 Å². The van der Waals surface area contributed by atoms with E-state index in [1.807, 2.05) is 42.5 Å². The molecule has 0 aliphatic carbocycles. The van der Waals surface area contributed by atoms with Gasteiger partial charge in [0.15, 0.2) is 6.10 Å². The largest absolute Gasteiger partial charge is 0.481 e. The van der Waals surface area contributed by atoms with E-state index in [1.54, 1.807) is 19.1 Å². The Morgan fingerprint density at radius 3 is 2.52 bits per heavy atom. The number of hydrogen-bond acceptors (Lipinski definition) is 5. The van der Waals surface area contributed by atoms with Gasteiger partial charge in [0.05, 0.1) is 5.69 Å². The Bertz CT molecular complexity index is 757. The number of carbonyl (C=O) groups is 1. The Morgan fingerprint density at radius 2 is 1.87 bits per heavy atom. The summed E-state index contributed by atoms with van der Waals surface area (Å²) in [5, 5.41) is 13.8. The Balaban J connectivity index is 1.61. The average molecular weight is 309 g/mol. The van der Waals surface area contributed by atoms with E-state index in [1.165, 1.54) is 11.0 Å². The molecule has 2 aromatic carbocycles. The molecule has 116 valence electrons. The molecular weight excluding hydrogens is 294 g/mol. The second-order valence-corrected chi connectivity index (χ2v) is 4.86. The number of nitrogens with one attached hydrogen (secondary N) is 1. The summed E-state index contributed by atoms with van der Waals surface area (Å²) in [6.07, 6.45) is 0.889. The van der Waals surface area contributed by atoms with E-state index in [0.29, 0.717) is 5.75 Å². The number of aromatic nitrogens is 4. The van der Waals surface area contributed by atoms with Crippen molar-refractivity contribution in [2.45, 2.75) is 13.0 Å². The van der Waals surface area contributed by atoms with Crippen molar-refractivity contribution in [2.75, 3.05) is 5.32 Å². The number of anilines is 1. The quantitative estimate of drug-likeness (QED) is 0.780. The number of nitrogens with zero attached hydrogens (tertiary/aromatic N) is 4. The zero-order chi connectivity index (χ0) is 16.1. The fraction of sp³-hybridized carbons (Fsp3) is 0.125. The first-order valence-electron chi connectivity index (χ1n) is 7.08. The maximum absolute atomic E-state index is 12.1. The molecule has 0 saturated heterocycles. The third-order valence-corrected chi connectivity index (χ3v) is 3.17. The molecule has 0 aliphatic rings. The van der Waals surface area contributed by atoms with Crippen LogP contribution < -0.4 is 10.1 Å². The van der Waals surface area contributed by atoms with Crippen LogP contribution in [0.3, 0.4) is 0 Å². The maximum Gasteiger partial charge on any atom is 0.265 e. The SMILES string of the molecule is CC(Oc1ccc(-n2cnnn2)cc1)C(=O)Nc1ccccc1. The van der Waals surface area contributed by atoms with E-state index in [9.17, 15) is 4.79 Å². The van der Waals surface area contributed by atoms with Gasteiger partial charge in [-0.3, -0.25) is 4.79 Å². The molecule has 1 heterocycles. The Hall–Kier alpha value is -3.22. The van der Waals surface area contributed by atoms with Crippen LogP contribution in [-0.2, 0) is 4.79 Å². The fourth-order valence-corrected chi connectivity index (χ4v) is 1.98. The summed E-state index contributed by atoms with van der Waals surface area (Å²) in [4.78, 5) is 12.1. The molecule has 23 heavy (non-hydrogen) atoms. The molecule has 7 heteroatoms. The number of amides is 1. The minimum Gasteiger partial charge on any atom is -0.481 e. The van der Waals surface area contributed by atoms with Crippen LogP contribution in [0, 0.1) is 0 Å². The minimum atomic E-state index is -0.617. The predicted octanol–water partition coefficient (Wildman–Crippen LogP) is 2.07. The van der Waals surface area contributed by atoms with Gasteiger partial charge in [-0.1, -0.05) is 18.2 Å². The van der Waals surface area contributed by atoms with Crippen molar-refractivity contribution in [3.63, 3.8) is 0 Å². The monoisotopic (exact) mass is 309 g/mol. The molecule has 3 rings (SSSR count). The van der Waals surface area contributed by atoms with Crippen LogP contribution in [0.25, 0.3) is 5.69 Å². The van der Waals surface area contributed by atoms with Crippen molar-refractivity contribution < 1.29 is 9.53 Å². The molecule has 0 radical (unpaired) electrons. The summed E-state index contributed by atoms with van der Waals surface area (Å²) in [6.45, 7) is 1.70. The first-order chi connectivity index (χ1) is 11.2. The van der Waals surface area contributed by atoms with Crippen molar-refractivity contribution in [1.29, 1.82) is 0 Å². The van der Waals surface area contributed by atoms with E-state index in [-0.39, 0.29) is 5.91 Å². The normalized spacial score (nSPS) is 11.7. The summed E-state index contributed by atoms with van der Waals surface area (Å²) in [5.74, 6) is 0.387. The fourth-order valence-electron chi connectivity index (χ4n) is 1.98. The number of para-hydroxylation sites is 1. The van der Waals surface area contributed by atoms with Gasteiger partial charge in [-0.05, 0) is 53.7 Å². The van der Waals surface area contributed by atoms with E-state index in [2.05, 4.69) is 20.8 Å². The lowest BCUT2D eigenvalue weighted by Gasteiger charge is -2.15. The third-order valence-electron chi connectivity index (χ3n) is 3.17. The van der Waals surface area contributed by atoms with Crippen LogP contribution in [0.1, 0.15) is 6.92 Å². The van der Waals surface area contributed by atoms with Gasteiger partial charge in [-0.25, -0.2) is 4.68 Å². The lowest BCUT2D eigenvalue weighted by molar-refractivity contribution is -0.122. The molecule has 0 aliphatic heterocycles. The van der Waals surface area contributed by atoms with Crippen molar-refractivity contribution in [1.82, 2.24) is 20.2 Å². The van der Waals surface area contributed by atoms with Gasteiger partial charge >= 0.3 is 0 Å². The van der Waals surface area contributed by atoms with Crippen LogP contribution in [-0.4, -0.2) is 32.2 Å². The summed E-state index contributed by atoms with van der Waals surface area (Å²) in [5.41, 5.74) is 1.55. The molecule has 0 spiro atoms. The van der Waals surface area contributed by atoms with Crippen LogP contribution >= 0.6 is 0 Å². The molecule has 1 unspecified atom stereocenters. The lowest BCUT2D eigenvalue weighted by atomic mass is 10.3. The topological polar surface area (TPSA) is 81.9 Å². The Morgan fingerprint density at radius 1 is 1.13 bits per heavy atom. The zero-order valence-electron chi connectivity index (χ0n) is 12.5. The average Bonchev–Trinajstić information content (AvgIpc) is 3.11. The van der Waals surface area contributed by atoms with Crippen molar-refractivity contribution in [3.8, 4) is 11.4 Å². The van der Waals surface area contributed by atoms with Gasteiger partial charge in [-0.15, -0.1) is 5.10 Å². The molecule has 0 saturated carbocycles. The van der Waals surface area contributed by atoms with Crippen LogP contribution in [0.5, 0.6) is 5.75 Å². The maximum atomic E-state index is 12.1. The van der Waals surface area contributed by atoms with Gasteiger partial charge in [0.25, 0.3) is 5.91 Å². The molecule has 7 nitrogen and oxygen atoms in total. The van der Waals surface area contributed by atoms with E-state index >= 15 is 0 Å². The molecular formula is C16H15N5O2. The standard InChI is InChI=1S/C16H15N5O2/c1-12(16(22)18-13-5-3-2-4-6-13)23-15-9-7-14(8-10-15)21-11-17-19-20-21/h2-12H,1H3,(H,18,22). The van der Waals surface area contributed by atoms with Crippen molar-refractivity contribution >= 4 is 11.6 Å². The number of ether oxygens (including phenoxy) is 1. The Kier molecular flexibility index (Phi) is 4.28. The van der Waals surface area contributed by atoms with Gasteiger partial charge in [0.1, 0.15) is 12.1 Å². The van der Waals surface area contributed by atoms with E-state index < -0.39 is 6.10 Å². The molecule has 1 aromatic heterocycles. The molecule has 1 N–H and O–H groups in total. The number of hydrogen-bond donors (Lipinski definition) is 1. The van der Waals surface area contributed by atoms with E-state index in [0.717, 1.165) is 11.4 Å². The number of carbonyl (C=O) groups excluding carboxylic acids is 1. The highest BCUT2D eigenvalue weighted by atomic mass is 16.5. The summed E-state index contributed by atoms with van der Waals surface area (Å²) in [7, 11) is 0. The van der Waals surface area contributed by atoms with Gasteiger partial charge in [-0.2, -0.15) is 0 Å². The minimum absolute atomic E-state index is 0.208. The third kappa shape index (κ3) is 3.70. The van der Waals surface area contributed by atoms with Crippen LogP contribution in [0.15, 0.2) is 60.9 Å². The summed E-state index contributed by atoms with van der Waals surface area (Å²) in [6, 6.07) is 16.4. The molecule has 3 aromatic rings. The summed E-state index contributed by atoms with van der Waals surface area (Å²) >= 11 is 0. The number of rotatable bonds is 5. The number of tetrazole rings is 1. The first-order valence-corrected chi connectivity index (χ1v) is 7.08. The molecule has 1 amide bonds. The number of benzene rings is 2. The molecule has 1 atom stereocenters. The van der Waals surface area contributed by atoms with Gasteiger partial charge in [0.2, 0.25) is 0 Å². The lowest BCUT2D eigenvalue weighted by Crippen LogP contribution is -2.30. The van der Waals surface area contributed by atoms with Gasteiger partial charge in [0, 0.05) is 5.69 Å². The highest BCUT2D eigenvalue weighted by Gasteiger charge is 2.14. The second-order valence-electron chi connectivity index (χ2n) is 4.86. The van der Waals surface area contributed by atoms with Crippen molar-refractivity contribution in [2.24, 2.45) is 0 Å². The first kappa shape index (κ1) is 14.7. The zero-order valence-corrected chi connectivity index (χ0v) is 12.5. The highest BCUT2D eigenvalue weighted by Crippen LogP contribution is 2.16. The highest BCUT2D eigenvalue weighted by molar-refractivity contribution is 5.94. The van der Waals surface area contributed by atoms with E-state index in [4.69, 9.17) is 4.74 Å². The Labute approximate surface area is 132 Å². The smallest absolute Gasteiger partial charge is 0.265 e. The molecule has 0 bridgehead atoms. The van der Waals surface area contributed by atoms with Crippen molar-refractivity contribution in [3.05, 3.63) is 60.9 Å². The summed E-state index contributed by atoms with van der Waals surface area (Å²) < 4.78 is 7.18. The molecule has 0 fully saturated rings. The second kappa shape index (κ2) is 6.69. The van der Waals surface area contributed by atoms with Crippen LogP contribution in [0.4, 0.5) is 5.69 Å². The van der Waals surface area contributed by atoms with Gasteiger partial charge < -0.3 is 10.1 Å².